The van der Waals surface area contributed by atoms with Gasteiger partial charge in [0.25, 0.3) is 5.91 Å². The average molecular weight is 351 g/mol. The highest BCUT2D eigenvalue weighted by atomic mass is 16.3. The molecule has 0 unspecified atom stereocenters. The Morgan fingerprint density at radius 3 is 2.85 bits per heavy atom. The number of benzene rings is 1. The molecule has 1 N–H and O–H groups in total. The quantitative estimate of drug-likeness (QED) is 0.782. The summed E-state index contributed by atoms with van der Waals surface area (Å²) in [4.78, 5) is 14.9. The van der Waals surface area contributed by atoms with Gasteiger partial charge in [-0.05, 0) is 30.9 Å². The smallest absolute Gasteiger partial charge is 0.275 e. The summed E-state index contributed by atoms with van der Waals surface area (Å²) >= 11 is 0. The Hall–Kier alpha value is -2.67. The second kappa shape index (κ2) is 5.67. The fourth-order valence-electron chi connectivity index (χ4n) is 3.78. The van der Waals surface area contributed by atoms with E-state index in [4.69, 9.17) is 0 Å². The van der Waals surface area contributed by atoms with E-state index in [9.17, 15) is 9.90 Å². The van der Waals surface area contributed by atoms with E-state index in [0.29, 0.717) is 31.2 Å². The lowest BCUT2D eigenvalue weighted by molar-refractivity contribution is 0.0700. The Labute approximate surface area is 150 Å². The second-order valence-electron chi connectivity index (χ2n) is 7.28. The minimum atomic E-state index is -0.475. The number of hydrogen-bond acceptors (Lipinski definition) is 4. The van der Waals surface area contributed by atoms with E-state index < -0.39 is 6.10 Å². The normalized spacial score (nSPS) is 18.2. The first-order valence-corrected chi connectivity index (χ1v) is 9.07. The highest BCUT2D eigenvalue weighted by Gasteiger charge is 2.34. The largest absolute Gasteiger partial charge is 0.386 e. The third kappa shape index (κ3) is 2.42. The first-order chi connectivity index (χ1) is 12.6. The van der Waals surface area contributed by atoms with E-state index in [1.54, 1.807) is 4.68 Å². The van der Waals surface area contributed by atoms with Crippen LogP contribution in [0.3, 0.4) is 0 Å². The van der Waals surface area contributed by atoms with Gasteiger partial charge in [0.15, 0.2) is 5.69 Å². The molecular formula is C19H21N5O2. The van der Waals surface area contributed by atoms with Crippen LogP contribution in [0.15, 0.2) is 30.3 Å². The second-order valence-corrected chi connectivity index (χ2v) is 7.28. The molecule has 1 fully saturated rings. The first-order valence-electron chi connectivity index (χ1n) is 9.07. The number of fused-ring (bicyclic) bond motifs is 2. The number of carbonyl (C=O) groups is 1. The van der Waals surface area contributed by atoms with Crippen LogP contribution in [0.4, 0.5) is 0 Å². The molecule has 3 heterocycles. The SMILES string of the molecule is Cn1nc(C(=O)N2CCn3nc([C@@H](O)C4CC4)cc3C2)c2ccccc21. The summed E-state index contributed by atoms with van der Waals surface area (Å²) in [7, 11) is 1.86. The first kappa shape index (κ1) is 15.6. The van der Waals surface area contributed by atoms with Gasteiger partial charge in [-0.1, -0.05) is 18.2 Å². The summed E-state index contributed by atoms with van der Waals surface area (Å²) < 4.78 is 3.67. The number of carbonyl (C=O) groups excluding carboxylic acids is 1. The molecule has 0 bridgehead atoms. The summed E-state index contributed by atoms with van der Waals surface area (Å²) in [5.41, 5.74) is 3.15. The van der Waals surface area contributed by atoms with Gasteiger partial charge in [-0.15, -0.1) is 0 Å². The molecule has 1 amide bonds. The number of aliphatic hydroxyl groups excluding tert-OH is 1. The van der Waals surface area contributed by atoms with Crippen molar-refractivity contribution >= 4 is 16.8 Å². The van der Waals surface area contributed by atoms with Crippen molar-refractivity contribution in [3.8, 4) is 0 Å². The molecule has 7 nitrogen and oxygen atoms in total. The lowest BCUT2D eigenvalue weighted by Crippen LogP contribution is -2.38. The van der Waals surface area contributed by atoms with E-state index >= 15 is 0 Å². The van der Waals surface area contributed by atoms with Crippen LogP contribution < -0.4 is 0 Å². The number of nitrogens with zero attached hydrogens (tertiary/aromatic N) is 5. The predicted octanol–water partition coefficient (Wildman–Crippen LogP) is 1.87. The maximum atomic E-state index is 13.1. The summed E-state index contributed by atoms with van der Waals surface area (Å²) in [5.74, 6) is 0.295. The van der Waals surface area contributed by atoms with E-state index in [0.717, 1.165) is 35.1 Å². The third-order valence-corrected chi connectivity index (χ3v) is 5.44. The zero-order valence-electron chi connectivity index (χ0n) is 14.7. The fraction of sp³-hybridized carbons (Fsp3) is 0.421. The molecule has 1 aromatic carbocycles. The molecule has 5 rings (SSSR count). The number of aryl methyl sites for hydroxylation is 1. The van der Waals surface area contributed by atoms with E-state index in [2.05, 4.69) is 10.2 Å². The zero-order chi connectivity index (χ0) is 17.8. The monoisotopic (exact) mass is 351 g/mol. The Morgan fingerprint density at radius 2 is 2.04 bits per heavy atom. The van der Waals surface area contributed by atoms with Crippen LogP contribution in [0.5, 0.6) is 0 Å². The summed E-state index contributed by atoms with van der Waals surface area (Å²) in [6.45, 7) is 1.73. The minimum absolute atomic E-state index is 0.0569. The molecule has 1 saturated carbocycles. The molecule has 1 atom stereocenters. The zero-order valence-corrected chi connectivity index (χ0v) is 14.7. The minimum Gasteiger partial charge on any atom is -0.386 e. The van der Waals surface area contributed by atoms with Crippen molar-refractivity contribution in [1.29, 1.82) is 0 Å². The number of aliphatic hydroxyl groups is 1. The Bertz CT molecular complexity index is 1000. The van der Waals surface area contributed by atoms with Gasteiger partial charge in [-0.25, -0.2) is 0 Å². The Balaban J connectivity index is 1.42. The van der Waals surface area contributed by atoms with Gasteiger partial charge in [0, 0.05) is 19.0 Å². The average Bonchev–Trinajstić information content (AvgIpc) is 3.34. The number of para-hydroxylation sites is 1. The Kier molecular flexibility index (Phi) is 3.40. The lowest BCUT2D eigenvalue weighted by atomic mass is 10.1. The number of hydrogen-bond donors (Lipinski definition) is 1. The van der Waals surface area contributed by atoms with E-state index in [-0.39, 0.29) is 5.91 Å². The maximum absolute atomic E-state index is 13.1. The molecule has 2 aliphatic rings. The van der Waals surface area contributed by atoms with Gasteiger partial charge >= 0.3 is 0 Å². The fourth-order valence-corrected chi connectivity index (χ4v) is 3.78. The molecule has 0 spiro atoms. The molecule has 26 heavy (non-hydrogen) atoms. The van der Waals surface area contributed by atoms with Gasteiger partial charge in [-0.3, -0.25) is 14.2 Å². The predicted molar refractivity (Wildman–Crippen MR) is 95.4 cm³/mol. The van der Waals surface area contributed by atoms with Crippen LogP contribution in [0.1, 0.15) is 40.8 Å². The third-order valence-electron chi connectivity index (χ3n) is 5.44. The van der Waals surface area contributed by atoms with Crippen LogP contribution in [-0.2, 0) is 20.1 Å². The number of aromatic nitrogens is 4. The molecule has 0 saturated heterocycles. The van der Waals surface area contributed by atoms with Crippen LogP contribution in [0, 0.1) is 5.92 Å². The van der Waals surface area contributed by atoms with Crippen molar-refractivity contribution in [3.63, 3.8) is 0 Å². The standard InChI is InChI=1S/C19H21N5O2/c1-22-16-5-3-2-4-14(16)17(21-22)19(26)23-8-9-24-13(11-23)10-15(20-24)18(25)12-6-7-12/h2-5,10,12,18,25H,6-9,11H2,1H3/t18-/m0/s1. The van der Waals surface area contributed by atoms with Crippen LogP contribution in [0.25, 0.3) is 10.9 Å². The molecule has 2 aromatic heterocycles. The van der Waals surface area contributed by atoms with Gasteiger partial charge in [0.2, 0.25) is 0 Å². The van der Waals surface area contributed by atoms with Gasteiger partial charge in [0.05, 0.1) is 30.0 Å². The highest BCUT2D eigenvalue weighted by molar-refractivity contribution is 6.04. The van der Waals surface area contributed by atoms with Crippen molar-refractivity contribution in [3.05, 3.63) is 47.4 Å². The molecule has 7 heteroatoms. The van der Waals surface area contributed by atoms with Crippen LogP contribution in [0.2, 0.25) is 0 Å². The van der Waals surface area contributed by atoms with Gasteiger partial charge < -0.3 is 10.0 Å². The maximum Gasteiger partial charge on any atom is 0.275 e. The van der Waals surface area contributed by atoms with E-state index in [1.165, 1.54) is 0 Å². The van der Waals surface area contributed by atoms with Crippen molar-refractivity contribution < 1.29 is 9.90 Å². The van der Waals surface area contributed by atoms with Gasteiger partial charge in [-0.2, -0.15) is 10.2 Å². The molecular weight excluding hydrogens is 330 g/mol. The molecule has 0 radical (unpaired) electrons. The lowest BCUT2D eigenvalue weighted by Gasteiger charge is -2.27. The summed E-state index contributed by atoms with van der Waals surface area (Å²) in [6.07, 6.45) is 1.67. The number of amides is 1. The number of rotatable bonds is 3. The van der Waals surface area contributed by atoms with E-state index in [1.807, 2.05) is 47.0 Å². The Morgan fingerprint density at radius 1 is 1.23 bits per heavy atom. The van der Waals surface area contributed by atoms with Crippen molar-refractivity contribution in [2.45, 2.75) is 32.0 Å². The molecule has 1 aliphatic carbocycles. The molecule has 134 valence electrons. The molecule has 1 aliphatic heterocycles. The molecule has 3 aromatic rings. The van der Waals surface area contributed by atoms with Gasteiger partial charge in [0.1, 0.15) is 6.10 Å². The highest BCUT2D eigenvalue weighted by Crippen LogP contribution is 2.40. The summed E-state index contributed by atoms with van der Waals surface area (Å²) in [6, 6.07) is 9.73. The van der Waals surface area contributed by atoms with Crippen molar-refractivity contribution in [1.82, 2.24) is 24.5 Å². The van der Waals surface area contributed by atoms with Crippen molar-refractivity contribution in [2.75, 3.05) is 6.54 Å². The van der Waals surface area contributed by atoms with Crippen molar-refractivity contribution in [2.24, 2.45) is 13.0 Å². The van der Waals surface area contributed by atoms with Crippen LogP contribution in [-0.4, -0.2) is 42.0 Å². The summed E-state index contributed by atoms with van der Waals surface area (Å²) in [5, 5.41) is 20.2. The topological polar surface area (TPSA) is 76.2 Å². The van der Waals surface area contributed by atoms with Crippen LogP contribution >= 0.6 is 0 Å².